The molecular formula is C11H15BrSi. The largest absolute Gasteiger partial charge is 0.0944 e. The normalized spacial score (nSPS) is 12.3. The highest BCUT2D eigenvalue weighted by Crippen LogP contribution is 2.14. The van der Waals surface area contributed by atoms with Gasteiger partial charge < -0.3 is 0 Å². The van der Waals surface area contributed by atoms with E-state index in [-0.39, 0.29) is 0 Å². The second-order valence-corrected chi connectivity index (χ2v) is 10.2. The molecule has 0 bridgehead atoms. The van der Waals surface area contributed by atoms with Crippen LogP contribution in [0.25, 0.3) is 6.08 Å². The Morgan fingerprint density at radius 1 is 1.23 bits per heavy atom. The lowest BCUT2D eigenvalue weighted by Crippen LogP contribution is -2.15. The van der Waals surface area contributed by atoms with Crippen LogP contribution in [0.2, 0.25) is 19.6 Å². The first-order valence-corrected chi connectivity index (χ1v) is 8.79. The van der Waals surface area contributed by atoms with Crippen molar-refractivity contribution < 1.29 is 0 Å². The molecule has 70 valence electrons. The highest BCUT2D eigenvalue weighted by Gasteiger charge is 2.06. The van der Waals surface area contributed by atoms with E-state index in [1.807, 2.05) is 6.07 Å². The second-order valence-electron chi connectivity index (χ2n) is 4.25. The highest BCUT2D eigenvalue weighted by atomic mass is 79.9. The minimum Gasteiger partial charge on any atom is -0.0944 e. The van der Waals surface area contributed by atoms with Crippen LogP contribution in [0.3, 0.4) is 0 Å². The third-order valence-electron chi connectivity index (χ3n) is 1.62. The first-order valence-electron chi connectivity index (χ1n) is 4.42. The molecule has 0 spiro atoms. The van der Waals surface area contributed by atoms with E-state index in [9.17, 15) is 0 Å². The topological polar surface area (TPSA) is 0 Å². The molecule has 0 saturated heterocycles. The molecule has 1 rings (SSSR count). The molecule has 0 radical (unpaired) electrons. The van der Waals surface area contributed by atoms with Crippen molar-refractivity contribution in [1.82, 2.24) is 0 Å². The summed E-state index contributed by atoms with van der Waals surface area (Å²) in [5.41, 5.74) is 3.63. The molecule has 0 unspecified atom stereocenters. The molecule has 0 amide bonds. The Morgan fingerprint density at radius 3 is 2.46 bits per heavy atom. The predicted octanol–water partition coefficient (Wildman–Crippen LogP) is 4.34. The fourth-order valence-electron chi connectivity index (χ4n) is 0.956. The van der Waals surface area contributed by atoms with Crippen molar-refractivity contribution in [2.24, 2.45) is 0 Å². The van der Waals surface area contributed by atoms with Gasteiger partial charge >= 0.3 is 0 Å². The Labute approximate surface area is 89.8 Å². The van der Waals surface area contributed by atoms with Crippen LogP contribution in [-0.2, 0) is 0 Å². The summed E-state index contributed by atoms with van der Waals surface area (Å²) >= 11 is 3.46. The molecule has 0 aromatic heterocycles. The van der Waals surface area contributed by atoms with E-state index in [2.05, 4.69) is 65.5 Å². The quantitative estimate of drug-likeness (QED) is 0.689. The van der Waals surface area contributed by atoms with E-state index < -0.39 is 8.07 Å². The Kier molecular flexibility index (Phi) is 3.51. The molecular weight excluding hydrogens is 240 g/mol. The maximum absolute atomic E-state index is 3.46. The van der Waals surface area contributed by atoms with Gasteiger partial charge in [0.2, 0.25) is 0 Å². The summed E-state index contributed by atoms with van der Waals surface area (Å²) in [5, 5.41) is 0. The molecule has 0 saturated carbocycles. The van der Waals surface area contributed by atoms with E-state index in [0.29, 0.717) is 0 Å². The van der Waals surface area contributed by atoms with Crippen molar-refractivity contribution >= 4 is 30.1 Å². The standard InChI is InChI=1S/C11H15BrSi/c1-13(2,3)8-7-10-5-4-6-11(12)9-10/h4-9H,1-3H3/b8-7-. The van der Waals surface area contributed by atoms with Crippen molar-refractivity contribution in [2.75, 3.05) is 0 Å². The van der Waals surface area contributed by atoms with Crippen molar-refractivity contribution in [3.05, 3.63) is 40.0 Å². The van der Waals surface area contributed by atoms with Crippen LogP contribution < -0.4 is 0 Å². The van der Waals surface area contributed by atoms with Crippen LogP contribution in [0.4, 0.5) is 0 Å². The second kappa shape index (κ2) is 4.25. The first kappa shape index (κ1) is 10.7. The molecule has 0 aliphatic carbocycles. The molecule has 0 fully saturated rings. The Bertz CT molecular complexity index is 310. The molecule has 0 nitrogen and oxygen atoms in total. The summed E-state index contributed by atoms with van der Waals surface area (Å²) in [7, 11) is -1.05. The molecule has 0 aliphatic rings. The minimum absolute atomic E-state index is 1.05. The summed E-state index contributed by atoms with van der Waals surface area (Å²) in [4.78, 5) is 0. The zero-order valence-electron chi connectivity index (χ0n) is 8.34. The lowest BCUT2D eigenvalue weighted by molar-refractivity contribution is 1.61. The number of benzene rings is 1. The van der Waals surface area contributed by atoms with E-state index in [1.165, 1.54) is 5.56 Å². The first-order chi connectivity index (χ1) is 5.97. The van der Waals surface area contributed by atoms with Crippen molar-refractivity contribution in [3.8, 4) is 0 Å². The van der Waals surface area contributed by atoms with Crippen LogP contribution in [0.1, 0.15) is 5.56 Å². The molecule has 13 heavy (non-hydrogen) atoms. The summed E-state index contributed by atoms with van der Waals surface area (Å²) < 4.78 is 1.14. The fourth-order valence-corrected chi connectivity index (χ4v) is 2.07. The smallest absolute Gasteiger partial charge is 0.0687 e. The Morgan fingerprint density at radius 2 is 1.92 bits per heavy atom. The van der Waals surface area contributed by atoms with Gasteiger partial charge in [-0.15, -0.1) is 0 Å². The number of hydrogen-bond acceptors (Lipinski definition) is 0. The van der Waals surface area contributed by atoms with Crippen molar-refractivity contribution in [1.29, 1.82) is 0 Å². The van der Waals surface area contributed by atoms with Crippen molar-refractivity contribution in [2.45, 2.75) is 19.6 Å². The van der Waals surface area contributed by atoms with Crippen molar-refractivity contribution in [3.63, 3.8) is 0 Å². The molecule has 1 aromatic carbocycles. The van der Waals surface area contributed by atoms with Gasteiger partial charge in [0.05, 0.1) is 8.07 Å². The van der Waals surface area contributed by atoms with Gasteiger partial charge in [-0.2, -0.15) is 0 Å². The Hall–Kier alpha value is -0.343. The third-order valence-corrected chi connectivity index (χ3v) is 3.28. The fraction of sp³-hybridized carbons (Fsp3) is 0.273. The van der Waals surface area contributed by atoms with Gasteiger partial charge in [-0.3, -0.25) is 0 Å². The van der Waals surface area contributed by atoms with E-state index in [0.717, 1.165) is 4.47 Å². The third kappa shape index (κ3) is 4.43. The molecule has 2 heteroatoms. The van der Waals surface area contributed by atoms with E-state index in [4.69, 9.17) is 0 Å². The number of halogens is 1. The number of rotatable bonds is 2. The van der Waals surface area contributed by atoms with Gasteiger partial charge in [-0.1, -0.05) is 59.5 Å². The SMILES string of the molecule is C[Si](C)(C)/C=C\c1cccc(Br)c1. The van der Waals surface area contributed by atoms with Gasteiger partial charge in [-0.05, 0) is 17.7 Å². The van der Waals surface area contributed by atoms with Crippen LogP contribution >= 0.6 is 15.9 Å². The highest BCUT2D eigenvalue weighted by molar-refractivity contribution is 9.10. The van der Waals surface area contributed by atoms with Gasteiger partial charge in [0.1, 0.15) is 0 Å². The van der Waals surface area contributed by atoms with Gasteiger partial charge in [0.15, 0.2) is 0 Å². The molecule has 0 heterocycles. The minimum atomic E-state index is -1.05. The monoisotopic (exact) mass is 254 g/mol. The van der Waals surface area contributed by atoms with Crippen LogP contribution in [0, 0.1) is 0 Å². The zero-order valence-corrected chi connectivity index (χ0v) is 10.9. The molecule has 0 N–H and O–H groups in total. The lowest BCUT2D eigenvalue weighted by Gasteiger charge is -2.07. The average molecular weight is 255 g/mol. The van der Waals surface area contributed by atoms with Crippen LogP contribution in [0.15, 0.2) is 34.4 Å². The maximum Gasteiger partial charge on any atom is 0.0687 e. The Balaban J connectivity index is 2.80. The maximum atomic E-state index is 3.46. The molecule has 0 atom stereocenters. The summed E-state index contributed by atoms with van der Waals surface area (Å²) in [6.07, 6.45) is 2.22. The average Bonchev–Trinajstić information content (AvgIpc) is 2.00. The van der Waals surface area contributed by atoms with Crippen LogP contribution in [-0.4, -0.2) is 8.07 Å². The number of hydrogen-bond donors (Lipinski definition) is 0. The lowest BCUT2D eigenvalue weighted by atomic mass is 10.2. The zero-order chi connectivity index (χ0) is 9.90. The molecule has 1 aromatic rings. The predicted molar refractivity (Wildman–Crippen MR) is 66.5 cm³/mol. The van der Waals surface area contributed by atoms with Gasteiger partial charge in [0.25, 0.3) is 0 Å². The van der Waals surface area contributed by atoms with E-state index >= 15 is 0 Å². The van der Waals surface area contributed by atoms with Gasteiger partial charge in [-0.25, -0.2) is 0 Å². The van der Waals surface area contributed by atoms with Crippen LogP contribution in [0.5, 0.6) is 0 Å². The van der Waals surface area contributed by atoms with E-state index in [1.54, 1.807) is 0 Å². The summed E-state index contributed by atoms with van der Waals surface area (Å²) in [6, 6.07) is 8.37. The summed E-state index contributed by atoms with van der Waals surface area (Å²) in [6.45, 7) is 7.00. The summed E-state index contributed by atoms with van der Waals surface area (Å²) in [5.74, 6) is 0. The van der Waals surface area contributed by atoms with Gasteiger partial charge in [0, 0.05) is 4.47 Å². The molecule has 0 aliphatic heterocycles.